The van der Waals surface area contributed by atoms with Crippen LogP contribution in [0.5, 0.6) is 0 Å². The molecule has 0 aliphatic carbocycles. The molecule has 1 aromatic heterocycles. The largest absolute Gasteiger partial charge is 0.464 e. The van der Waals surface area contributed by atoms with Crippen molar-refractivity contribution >= 4 is 11.0 Å². The van der Waals surface area contributed by atoms with Crippen LogP contribution in [0.3, 0.4) is 0 Å². The summed E-state index contributed by atoms with van der Waals surface area (Å²) in [6, 6.07) is 4.40. The fraction of sp³-hybridized carbons (Fsp3) is 0.529. The predicted molar refractivity (Wildman–Crippen MR) is 81.1 cm³/mol. The lowest BCUT2D eigenvalue weighted by molar-refractivity contribution is -0.107. The summed E-state index contributed by atoms with van der Waals surface area (Å²) in [6.45, 7) is 6.49. The van der Waals surface area contributed by atoms with Gasteiger partial charge in [0.2, 0.25) is 0 Å². The quantitative estimate of drug-likeness (QED) is 0.725. The Bertz CT molecular complexity index is 567. The summed E-state index contributed by atoms with van der Waals surface area (Å²) in [7, 11) is 3.36. The first-order valence-corrected chi connectivity index (χ1v) is 7.10. The molecule has 1 atom stereocenters. The van der Waals surface area contributed by atoms with Gasteiger partial charge in [0.15, 0.2) is 6.29 Å². The minimum absolute atomic E-state index is 0.118. The zero-order valence-electron chi connectivity index (χ0n) is 13.0. The third-order valence-corrected chi connectivity index (χ3v) is 4.05. The Balaban J connectivity index is 2.17. The van der Waals surface area contributed by atoms with Crippen LogP contribution in [-0.2, 0) is 9.47 Å². The third-order valence-electron chi connectivity index (χ3n) is 4.05. The molecule has 0 aliphatic heterocycles. The average molecular weight is 276 g/mol. The molecule has 0 aliphatic rings. The summed E-state index contributed by atoms with van der Waals surface area (Å²) in [5.41, 5.74) is 4.84. The second-order valence-corrected chi connectivity index (χ2v) is 5.50. The van der Waals surface area contributed by atoms with E-state index in [1.807, 2.05) is 6.26 Å². The van der Waals surface area contributed by atoms with Gasteiger partial charge in [-0.15, -0.1) is 0 Å². The van der Waals surface area contributed by atoms with E-state index in [4.69, 9.17) is 13.9 Å². The number of hydrogen-bond acceptors (Lipinski definition) is 3. The highest BCUT2D eigenvalue weighted by molar-refractivity contribution is 5.82. The van der Waals surface area contributed by atoms with Crippen LogP contribution in [0.15, 0.2) is 22.8 Å². The molecule has 0 fully saturated rings. The molecule has 0 radical (unpaired) electrons. The molecular weight excluding hydrogens is 252 g/mol. The lowest BCUT2D eigenvalue weighted by Crippen LogP contribution is -2.13. The maximum atomic E-state index is 5.61. The van der Waals surface area contributed by atoms with Crippen LogP contribution in [0.1, 0.15) is 42.4 Å². The smallest absolute Gasteiger partial charge is 0.156 e. The van der Waals surface area contributed by atoms with E-state index >= 15 is 0 Å². The molecular formula is C17H24O3. The minimum Gasteiger partial charge on any atom is -0.464 e. The molecule has 2 aromatic rings. The zero-order valence-corrected chi connectivity index (χ0v) is 13.0. The number of rotatable bonds is 6. The highest BCUT2D eigenvalue weighted by atomic mass is 16.7. The Kier molecular flexibility index (Phi) is 4.84. The Morgan fingerprint density at radius 3 is 2.40 bits per heavy atom. The Morgan fingerprint density at radius 2 is 1.75 bits per heavy atom. The van der Waals surface area contributed by atoms with Gasteiger partial charge in [0, 0.05) is 19.6 Å². The number of fused-ring (bicyclic) bond motifs is 1. The zero-order chi connectivity index (χ0) is 14.7. The highest BCUT2D eigenvalue weighted by Crippen LogP contribution is 2.31. The number of hydrogen-bond donors (Lipinski definition) is 0. The molecule has 0 unspecified atom stereocenters. The molecule has 0 N–H and O–H groups in total. The van der Waals surface area contributed by atoms with Crippen molar-refractivity contribution in [2.75, 3.05) is 14.2 Å². The fourth-order valence-corrected chi connectivity index (χ4v) is 2.73. The molecule has 1 aromatic carbocycles. The van der Waals surface area contributed by atoms with Gasteiger partial charge in [-0.2, -0.15) is 0 Å². The average Bonchev–Trinajstić information content (AvgIpc) is 2.80. The lowest BCUT2D eigenvalue weighted by atomic mass is 9.91. The van der Waals surface area contributed by atoms with E-state index in [-0.39, 0.29) is 6.29 Å². The van der Waals surface area contributed by atoms with Gasteiger partial charge in [0.1, 0.15) is 5.58 Å². The van der Waals surface area contributed by atoms with E-state index < -0.39 is 0 Å². The first kappa shape index (κ1) is 15.1. The summed E-state index contributed by atoms with van der Waals surface area (Å²) < 4.78 is 16.1. The van der Waals surface area contributed by atoms with Gasteiger partial charge in [-0.05, 0) is 61.4 Å². The topological polar surface area (TPSA) is 31.6 Å². The second kappa shape index (κ2) is 6.42. The fourth-order valence-electron chi connectivity index (χ4n) is 2.73. The monoisotopic (exact) mass is 276 g/mol. The van der Waals surface area contributed by atoms with Crippen molar-refractivity contribution in [3.63, 3.8) is 0 Å². The van der Waals surface area contributed by atoms with Crippen LogP contribution in [0, 0.1) is 13.8 Å². The van der Waals surface area contributed by atoms with Gasteiger partial charge in [0.05, 0.1) is 6.26 Å². The predicted octanol–water partition coefficient (Wildman–Crippen LogP) is 4.55. The number of furan rings is 1. The highest BCUT2D eigenvalue weighted by Gasteiger charge is 2.14. The van der Waals surface area contributed by atoms with Crippen molar-refractivity contribution < 1.29 is 13.9 Å². The van der Waals surface area contributed by atoms with Crippen LogP contribution in [0.25, 0.3) is 11.0 Å². The van der Waals surface area contributed by atoms with Crippen LogP contribution in [0.4, 0.5) is 0 Å². The van der Waals surface area contributed by atoms with Gasteiger partial charge in [-0.25, -0.2) is 0 Å². The van der Waals surface area contributed by atoms with Gasteiger partial charge in [-0.3, -0.25) is 0 Å². The van der Waals surface area contributed by atoms with Crippen molar-refractivity contribution in [1.29, 1.82) is 0 Å². The molecule has 0 saturated carbocycles. The number of methoxy groups -OCH3 is 2. The van der Waals surface area contributed by atoms with Crippen LogP contribution in [0.2, 0.25) is 0 Å². The van der Waals surface area contributed by atoms with Gasteiger partial charge in [-0.1, -0.05) is 6.92 Å². The van der Waals surface area contributed by atoms with Crippen LogP contribution in [-0.4, -0.2) is 20.5 Å². The van der Waals surface area contributed by atoms with E-state index in [9.17, 15) is 0 Å². The molecule has 0 amide bonds. The lowest BCUT2D eigenvalue weighted by Gasteiger charge is -2.18. The summed E-state index contributed by atoms with van der Waals surface area (Å²) >= 11 is 0. The normalized spacial score (nSPS) is 13.3. The van der Waals surface area contributed by atoms with Crippen molar-refractivity contribution in [3.05, 3.63) is 35.1 Å². The van der Waals surface area contributed by atoms with Gasteiger partial charge >= 0.3 is 0 Å². The van der Waals surface area contributed by atoms with Crippen LogP contribution >= 0.6 is 0 Å². The Labute approximate surface area is 120 Å². The van der Waals surface area contributed by atoms with Crippen molar-refractivity contribution in [1.82, 2.24) is 0 Å². The molecule has 20 heavy (non-hydrogen) atoms. The molecule has 3 heteroatoms. The summed E-state index contributed by atoms with van der Waals surface area (Å²) in [4.78, 5) is 0. The standard InChI is InChI=1S/C17H24O3/c1-11(6-7-17(18-4)19-5)14-9-16-15(8-12(14)2)13(3)10-20-16/h8-11,17H,6-7H2,1-5H3/t11-/m1/s1. The summed E-state index contributed by atoms with van der Waals surface area (Å²) in [5, 5.41) is 1.21. The third kappa shape index (κ3) is 3.05. The van der Waals surface area contributed by atoms with E-state index in [0.717, 1.165) is 18.4 Å². The Hall–Kier alpha value is -1.32. The van der Waals surface area contributed by atoms with E-state index in [1.54, 1.807) is 14.2 Å². The van der Waals surface area contributed by atoms with Crippen molar-refractivity contribution in [2.45, 2.75) is 45.8 Å². The van der Waals surface area contributed by atoms with Crippen molar-refractivity contribution in [2.24, 2.45) is 0 Å². The molecule has 110 valence electrons. The number of ether oxygens (including phenoxy) is 2. The Morgan fingerprint density at radius 1 is 1.05 bits per heavy atom. The number of benzene rings is 1. The van der Waals surface area contributed by atoms with E-state index in [2.05, 4.69) is 32.9 Å². The SMILES string of the molecule is COC(CC[C@@H](C)c1cc2occ(C)c2cc1C)OC. The summed E-state index contributed by atoms with van der Waals surface area (Å²) in [6.07, 6.45) is 3.62. The maximum Gasteiger partial charge on any atom is 0.156 e. The molecule has 0 bridgehead atoms. The van der Waals surface area contributed by atoms with E-state index in [0.29, 0.717) is 5.92 Å². The molecule has 3 nitrogen and oxygen atoms in total. The molecule has 0 saturated heterocycles. The first-order chi connectivity index (χ1) is 9.56. The van der Waals surface area contributed by atoms with Crippen molar-refractivity contribution in [3.8, 4) is 0 Å². The second-order valence-electron chi connectivity index (χ2n) is 5.50. The molecule has 2 rings (SSSR count). The minimum atomic E-state index is -0.118. The molecule has 1 heterocycles. The van der Waals surface area contributed by atoms with Crippen LogP contribution < -0.4 is 0 Å². The number of aryl methyl sites for hydroxylation is 2. The summed E-state index contributed by atoms with van der Waals surface area (Å²) in [5.74, 6) is 0.456. The maximum absolute atomic E-state index is 5.61. The van der Waals surface area contributed by atoms with E-state index in [1.165, 1.54) is 22.1 Å². The van der Waals surface area contributed by atoms with Gasteiger partial charge in [0.25, 0.3) is 0 Å². The van der Waals surface area contributed by atoms with Gasteiger partial charge < -0.3 is 13.9 Å². The molecule has 0 spiro atoms. The first-order valence-electron chi connectivity index (χ1n) is 7.10.